The standard InChI is InChI=1S/C24H18FN3O6S/c25-17-11-16(12-19(13-17)33-15-23(29)30)21-14-22(34-18-7-3-1-4-8-18)27-24(26-21)28-35(31,32)20-9-5-2-6-10-20/h1-14H,15H2,(H,29,30)(H,26,27,28). The lowest BCUT2D eigenvalue weighted by molar-refractivity contribution is -0.139. The van der Waals surface area contributed by atoms with Crippen LogP contribution in [0.3, 0.4) is 0 Å². The van der Waals surface area contributed by atoms with Crippen LogP contribution in [0.15, 0.2) is 89.8 Å². The summed E-state index contributed by atoms with van der Waals surface area (Å²) in [5.41, 5.74) is 0.294. The summed E-state index contributed by atoms with van der Waals surface area (Å²) >= 11 is 0. The first-order chi connectivity index (χ1) is 16.8. The van der Waals surface area contributed by atoms with E-state index in [0.717, 1.165) is 12.1 Å². The predicted molar refractivity (Wildman–Crippen MR) is 124 cm³/mol. The van der Waals surface area contributed by atoms with Crippen molar-refractivity contribution in [1.29, 1.82) is 0 Å². The zero-order chi connectivity index (χ0) is 24.8. The minimum Gasteiger partial charge on any atom is -0.482 e. The number of benzene rings is 3. The van der Waals surface area contributed by atoms with Gasteiger partial charge in [0, 0.05) is 17.7 Å². The zero-order valence-corrected chi connectivity index (χ0v) is 18.8. The summed E-state index contributed by atoms with van der Waals surface area (Å²) in [5, 5.41) is 8.82. The molecule has 0 aliphatic heterocycles. The maximum Gasteiger partial charge on any atom is 0.341 e. The molecule has 35 heavy (non-hydrogen) atoms. The van der Waals surface area contributed by atoms with E-state index in [4.69, 9.17) is 14.6 Å². The molecule has 0 unspecified atom stereocenters. The van der Waals surface area contributed by atoms with Gasteiger partial charge in [0.15, 0.2) is 6.61 Å². The smallest absolute Gasteiger partial charge is 0.341 e. The van der Waals surface area contributed by atoms with Crippen molar-refractivity contribution in [2.24, 2.45) is 0 Å². The van der Waals surface area contributed by atoms with Crippen LogP contribution >= 0.6 is 0 Å². The van der Waals surface area contributed by atoms with Crippen molar-refractivity contribution < 1.29 is 32.2 Å². The molecule has 1 aromatic heterocycles. The normalized spacial score (nSPS) is 11.0. The average molecular weight is 495 g/mol. The van der Waals surface area contributed by atoms with Crippen LogP contribution < -0.4 is 14.2 Å². The van der Waals surface area contributed by atoms with Crippen molar-refractivity contribution in [3.05, 3.63) is 90.7 Å². The second kappa shape index (κ2) is 10.2. The van der Waals surface area contributed by atoms with Crippen LogP contribution in [0.2, 0.25) is 0 Å². The van der Waals surface area contributed by atoms with Gasteiger partial charge in [-0.15, -0.1) is 0 Å². The maximum atomic E-state index is 14.3. The summed E-state index contributed by atoms with van der Waals surface area (Å²) < 4.78 is 53.0. The van der Waals surface area contributed by atoms with Crippen molar-refractivity contribution in [2.75, 3.05) is 11.3 Å². The summed E-state index contributed by atoms with van der Waals surface area (Å²) in [5.74, 6) is -1.87. The van der Waals surface area contributed by atoms with E-state index in [0.29, 0.717) is 5.75 Å². The molecule has 0 saturated carbocycles. The molecule has 4 aromatic rings. The lowest BCUT2D eigenvalue weighted by atomic mass is 10.1. The third-order valence-electron chi connectivity index (χ3n) is 4.48. The molecule has 0 amide bonds. The van der Waals surface area contributed by atoms with Gasteiger partial charge in [0.2, 0.25) is 11.8 Å². The Balaban J connectivity index is 1.75. The fourth-order valence-corrected chi connectivity index (χ4v) is 3.96. The van der Waals surface area contributed by atoms with Crippen molar-refractivity contribution in [1.82, 2.24) is 9.97 Å². The summed E-state index contributed by atoms with van der Waals surface area (Å²) in [6.07, 6.45) is 0. The van der Waals surface area contributed by atoms with Gasteiger partial charge in [-0.1, -0.05) is 36.4 Å². The SMILES string of the molecule is O=C(O)COc1cc(F)cc(-c2cc(Oc3ccccc3)nc(NS(=O)(=O)c3ccccc3)n2)c1. The third kappa shape index (κ3) is 6.30. The van der Waals surface area contributed by atoms with Crippen LogP contribution in [0.1, 0.15) is 0 Å². The molecule has 9 nitrogen and oxygen atoms in total. The number of sulfonamides is 1. The van der Waals surface area contributed by atoms with E-state index in [1.807, 2.05) is 0 Å². The Morgan fingerprint density at radius 1 is 0.914 bits per heavy atom. The Morgan fingerprint density at radius 3 is 2.29 bits per heavy atom. The molecule has 1 heterocycles. The molecule has 0 atom stereocenters. The van der Waals surface area contributed by atoms with Gasteiger partial charge in [-0.2, -0.15) is 4.98 Å². The molecule has 0 saturated heterocycles. The minimum atomic E-state index is -4.03. The molecule has 0 bridgehead atoms. The topological polar surface area (TPSA) is 128 Å². The van der Waals surface area contributed by atoms with Crippen LogP contribution in [-0.2, 0) is 14.8 Å². The first kappa shape index (κ1) is 23.6. The first-order valence-electron chi connectivity index (χ1n) is 10.1. The van der Waals surface area contributed by atoms with Crippen molar-refractivity contribution in [3.63, 3.8) is 0 Å². The van der Waals surface area contributed by atoms with Crippen LogP contribution in [0.25, 0.3) is 11.3 Å². The Labute approximate surface area is 199 Å². The minimum absolute atomic E-state index is 0.00496. The van der Waals surface area contributed by atoms with Gasteiger partial charge in [0.25, 0.3) is 10.0 Å². The summed E-state index contributed by atoms with van der Waals surface area (Å²) in [7, 11) is -4.03. The second-order valence-corrected chi connectivity index (χ2v) is 8.79. The number of nitrogens with one attached hydrogen (secondary N) is 1. The number of carboxylic acid groups (broad SMARTS) is 1. The van der Waals surface area contributed by atoms with Gasteiger partial charge in [0.1, 0.15) is 17.3 Å². The molecule has 11 heteroatoms. The molecular weight excluding hydrogens is 477 g/mol. The number of para-hydroxylation sites is 1. The highest BCUT2D eigenvalue weighted by Gasteiger charge is 2.18. The molecule has 3 aromatic carbocycles. The molecule has 4 rings (SSSR count). The molecule has 0 spiro atoms. The Kier molecular flexibility index (Phi) is 6.88. The number of carbonyl (C=O) groups is 1. The molecular formula is C24H18FN3O6S. The van der Waals surface area contributed by atoms with E-state index in [1.165, 1.54) is 24.3 Å². The highest BCUT2D eigenvalue weighted by atomic mass is 32.2. The van der Waals surface area contributed by atoms with Gasteiger partial charge in [-0.05, 0) is 36.4 Å². The maximum absolute atomic E-state index is 14.3. The average Bonchev–Trinajstić information content (AvgIpc) is 2.83. The van der Waals surface area contributed by atoms with E-state index >= 15 is 0 Å². The monoisotopic (exact) mass is 495 g/mol. The Bertz CT molecular complexity index is 1450. The van der Waals surface area contributed by atoms with Gasteiger partial charge < -0.3 is 14.6 Å². The van der Waals surface area contributed by atoms with Gasteiger partial charge in [-0.3, -0.25) is 0 Å². The molecule has 0 radical (unpaired) electrons. The Hall–Kier alpha value is -4.51. The quantitative estimate of drug-likeness (QED) is 0.351. The van der Waals surface area contributed by atoms with Crippen molar-refractivity contribution >= 4 is 21.9 Å². The lowest BCUT2D eigenvalue weighted by Gasteiger charge is -2.12. The van der Waals surface area contributed by atoms with Crippen molar-refractivity contribution in [2.45, 2.75) is 4.90 Å². The fourth-order valence-electron chi connectivity index (χ4n) is 3.00. The number of aliphatic carboxylic acids is 1. The van der Waals surface area contributed by atoms with Crippen LogP contribution in [0.4, 0.5) is 10.3 Å². The first-order valence-corrected chi connectivity index (χ1v) is 11.6. The van der Waals surface area contributed by atoms with Crippen LogP contribution in [-0.4, -0.2) is 36.1 Å². The summed E-state index contributed by atoms with van der Waals surface area (Å²) in [4.78, 5) is 19.2. The number of aromatic nitrogens is 2. The molecule has 0 aliphatic carbocycles. The molecule has 0 fully saturated rings. The van der Waals surface area contributed by atoms with Crippen LogP contribution in [0, 0.1) is 5.82 Å². The molecule has 0 aliphatic rings. The third-order valence-corrected chi connectivity index (χ3v) is 5.82. The molecule has 2 N–H and O–H groups in total. The predicted octanol–water partition coefficient (Wildman–Crippen LogP) is 4.34. The number of halogens is 1. The van der Waals surface area contributed by atoms with Gasteiger partial charge in [-0.25, -0.2) is 27.3 Å². The van der Waals surface area contributed by atoms with Crippen LogP contribution in [0.5, 0.6) is 17.4 Å². The number of ether oxygens (including phenoxy) is 2. The van der Waals surface area contributed by atoms with E-state index in [9.17, 15) is 17.6 Å². The van der Waals surface area contributed by atoms with Gasteiger partial charge >= 0.3 is 5.97 Å². The second-order valence-electron chi connectivity index (χ2n) is 7.11. The largest absolute Gasteiger partial charge is 0.482 e. The zero-order valence-electron chi connectivity index (χ0n) is 18.0. The number of rotatable bonds is 9. The van der Waals surface area contributed by atoms with E-state index in [2.05, 4.69) is 14.7 Å². The van der Waals surface area contributed by atoms with Gasteiger partial charge in [0.05, 0.1) is 10.6 Å². The summed E-state index contributed by atoms with van der Waals surface area (Å²) in [6, 6.07) is 21.2. The highest BCUT2D eigenvalue weighted by molar-refractivity contribution is 7.92. The van der Waals surface area contributed by atoms with E-state index in [-0.39, 0.29) is 33.7 Å². The van der Waals surface area contributed by atoms with E-state index in [1.54, 1.807) is 48.5 Å². The lowest BCUT2D eigenvalue weighted by Crippen LogP contribution is -2.15. The fraction of sp³-hybridized carbons (Fsp3) is 0.0417. The molecule has 178 valence electrons. The summed E-state index contributed by atoms with van der Waals surface area (Å²) in [6.45, 7) is -0.669. The number of hydrogen-bond acceptors (Lipinski definition) is 7. The highest BCUT2D eigenvalue weighted by Crippen LogP contribution is 2.30. The number of carboxylic acids is 1. The van der Waals surface area contributed by atoms with Crippen molar-refractivity contribution in [3.8, 4) is 28.6 Å². The Morgan fingerprint density at radius 2 is 1.60 bits per heavy atom. The van der Waals surface area contributed by atoms with E-state index < -0.39 is 28.4 Å². The number of anilines is 1. The number of nitrogens with zero attached hydrogens (tertiary/aromatic N) is 2. The number of hydrogen-bond donors (Lipinski definition) is 2.